The summed E-state index contributed by atoms with van der Waals surface area (Å²) < 4.78 is 4.77. The number of nitrogens with zero attached hydrogens (tertiary/aromatic N) is 1. The average molecular weight is 284 g/mol. The molecular weight excluding hydrogens is 256 g/mol. The molecule has 1 N–H and O–H groups in total. The molecule has 1 aliphatic heterocycles. The van der Waals surface area contributed by atoms with Crippen molar-refractivity contribution in [3.05, 3.63) is 0 Å². The quantitative estimate of drug-likeness (QED) is 0.778. The van der Waals surface area contributed by atoms with Gasteiger partial charge in [-0.15, -0.1) is 0 Å². The standard InChI is InChI=1S/C15H28N2O3/c1-10(2)14(15(19)20-5)16-9-13(18)17-11(3)7-6-8-12(17)4/h10-12,14,16H,6-9H2,1-5H3. The first-order valence-electron chi connectivity index (χ1n) is 7.50. The predicted molar refractivity (Wildman–Crippen MR) is 78.3 cm³/mol. The van der Waals surface area contributed by atoms with Gasteiger partial charge in [-0.1, -0.05) is 13.8 Å². The first-order valence-corrected chi connectivity index (χ1v) is 7.50. The van der Waals surface area contributed by atoms with Crippen LogP contribution in [0.2, 0.25) is 0 Å². The second kappa shape index (κ2) is 7.62. The second-order valence-electron chi connectivity index (χ2n) is 6.06. The molecule has 5 nitrogen and oxygen atoms in total. The Morgan fingerprint density at radius 1 is 1.25 bits per heavy atom. The molecule has 0 radical (unpaired) electrons. The first-order chi connectivity index (χ1) is 9.38. The maximum atomic E-state index is 12.4. The number of piperidine rings is 1. The van der Waals surface area contributed by atoms with Gasteiger partial charge in [0.1, 0.15) is 6.04 Å². The topological polar surface area (TPSA) is 58.6 Å². The summed E-state index contributed by atoms with van der Waals surface area (Å²) in [5.41, 5.74) is 0. The van der Waals surface area contributed by atoms with Gasteiger partial charge in [-0.2, -0.15) is 0 Å². The molecule has 1 saturated heterocycles. The average Bonchev–Trinajstić information content (AvgIpc) is 2.37. The van der Waals surface area contributed by atoms with Crippen LogP contribution in [0, 0.1) is 5.92 Å². The van der Waals surface area contributed by atoms with Crippen LogP contribution in [0.15, 0.2) is 0 Å². The minimum atomic E-state index is -0.431. The SMILES string of the molecule is COC(=O)C(NCC(=O)N1C(C)CCCC1C)C(C)C. The third kappa shape index (κ3) is 4.20. The molecule has 0 aromatic rings. The molecule has 0 aliphatic carbocycles. The largest absolute Gasteiger partial charge is 0.468 e. The van der Waals surface area contributed by atoms with Crippen LogP contribution >= 0.6 is 0 Å². The fourth-order valence-corrected chi connectivity index (χ4v) is 2.92. The molecule has 1 rings (SSSR count). The van der Waals surface area contributed by atoms with Gasteiger partial charge in [0, 0.05) is 12.1 Å². The third-order valence-corrected chi connectivity index (χ3v) is 4.08. The fraction of sp³-hybridized carbons (Fsp3) is 0.867. The van der Waals surface area contributed by atoms with Crippen LogP contribution in [-0.4, -0.2) is 48.6 Å². The van der Waals surface area contributed by atoms with E-state index in [-0.39, 0.29) is 36.4 Å². The van der Waals surface area contributed by atoms with Crippen molar-refractivity contribution in [3.63, 3.8) is 0 Å². The molecule has 5 heteroatoms. The number of ether oxygens (including phenoxy) is 1. The summed E-state index contributed by atoms with van der Waals surface area (Å²) >= 11 is 0. The van der Waals surface area contributed by atoms with E-state index in [0.717, 1.165) is 12.8 Å². The zero-order valence-corrected chi connectivity index (χ0v) is 13.3. The molecule has 1 fully saturated rings. The molecule has 20 heavy (non-hydrogen) atoms. The maximum absolute atomic E-state index is 12.4. The van der Waals surface area contributed by atoms with E-state index in [4.69, 9.17) is 4.74 Å². The molecule has 1 aliphatic rings. The Kier molecular flexibility index (Phi) is 6.46. The number of rotatable bonds is 5. The lowest BCUT2D eigenvalue weighted by Crippen LogP contribution is -2.53. The van der Waals surface area contributed by atoms with Crippen LogP contribution in [0.4, 0.5) is 0 Å². The van der Waals surface area contributed by atoms with Crippen molar-refractivity contribution in [2.45, 2.75) is 65.1 Å². The van der Waals surface area contributed by atoms with Gasteiger partial charge in [0.25, 0.3) is 0 Å². The summed E-state index contributed by atoms with van der Waals surface area (Å²) in [6.07, 6.45) is 3.29. The van der Waals surface area contributed by atoms with Crippen LogP contribution < -0.4 is 5.32 Å². The van der Waals surface area contributed by atoms with E-state index in [1.165, 1.54) is 13.5 Å². The molecule has 1 amide bonds. The Morgan fingerprint density at radius 2 is 1.80 bits per heavy atom. The first kappa shape index (κ1) is 17.0. The van der Waals surface area contributed by atoms with Gasteiger partial charge in [0.15, 0.2) is 0 Å². The van der Waals surface area contributed by atoms with Crippen molar-refractivity contribution in [1.29, 1.82) is 0 Å². The number of hydrogen-bond donors (Lipinski definition) is 1. The summed E-state index contributed by atoms with van der Waals surface area (Å²) in [4.78, 5) is 26.0. The van der Waals surface area contributed by atoms with Crippen LogP contribution in [0.1, 0.15) is 47.0 Å². The Bertz CT molecular complexity index is 334. The van der Waals surface area contributed by atoms with Gasteiger partial charge < -0.3 is 9.64 Å². The third-order valence-electron chi connectivity index (χ3n) is 4.08. The number of carbonyl (C=O) groups excluding carboxylic acids is 2. The number of methoxy groups -OCH3 is 1. The Balaban J connectivity index is 2.58. The molecule has 0 aromatic carbocycles. The Hall–Kier alpha value is -1.10. The monoisotopic (exact) mass is 284 g/mol. The highest BCUT2D eigenvalue weighted by Gasteiger charge is 2.30. The summed E-state index contributed by atoms with van der Waals surface area (Å²) in [6, 6.07) is 0.131. The number of nitrogens with one attached hydrogen (secondary N) is 1. The molecule has 0 bridgehead atoms. The van der Waals surface area contributed by atoms with Crippen molar-refractivity contribution in [2.75, 3.05) is 13.7 Å². The molecule has 3 atom stereocenters. The highest BCUT2D eigenvalue weighted by atomic mass is 16.5. The van der Waals surface area contributed by atoms with Crippen molar-refractivity contribution in [3.8, 4) is 0 Å². The van der Waals surface area contributed by atoms with Crippen LogP contribution in [0.25, 0.3) is 0 Å². The van der Waals surface area contributed by atoms with Crippen LogP contribution in [0.3, 0.4) is 0 Å². The molecule has 116 valence electrons. The van der Waals surface area contributed by atoms with Gasteiger partial charge in [0.2, 0.25) is 5.91 Å². The molecule has 1 heterocycles. The predicted octanol–water partition coefficient (Wildman–Crippen LogP) is 1.56. The van der Waals surface area contributed by atoms with E-state index in [1.54, 1.807) is 0 Å². The maximum Gasteiger partial charge on any atom is 0.323 e. The van der Waals surface area contributed by atoms with E-state index in [1.807, 2.05) is 18.7 Å². The van der Waals surface area contributed by atoms with E-state index in [2.05, 4.69) is 19.2 Å². The van der Waals surface area contributed by atoms with E-state index in [9.17, 15) is 9.59 Å². The Morgan fingerprint density at radius 3 is 2.25 bits per heavy atom. The minimum Gasteiger partial charge on any atom is -0.468 e. The van der Waals surface area contributed by atoms with Gasteiger partial charge in [-0.3, -0.25) is 14.9 Å². The molecule has 0 aromatic heterocycles. The lowest BCUT2D eigenvalue weighted by Gasteiger charge is -2.39. The van der Waals surface area contributed by atoms with Crippen molar-refractivity contribution in [1.82, 2.24) is 10.2 Å². The lowest BCUT2D eigenvalue weighted by atomic mass is 9.97. The van der Waals surface area contributed by atoms with E-state index >= 15 is 0 Å². The minimum absolute atomic E-state index is 0.0688. The van der Waals surface area contributed by atoms with Gasteiger partial charge >= 0.3 is 5.97 Å². The van der Waals surface area contributed by atoms with Crippen molar-refractivity contribution >= 4 is 11.9 Å². The van der Waals surface area contributed by atoms with Gasteiger partial charge in [-0.05, 0) is 39.0 Å². The molecule has 0 saturated carbocycles. The summed E-state index contributed by atoms with van der Waals surface area (Å²) in [7, 11) is 1.37. The summed E-state index contributed by atoms with van der Waals surface area (Å²) in [6.45, 7) is 8.24. The Labute approximate surface area is 122 Å². The fourth-order valence-electron chi connectivity index (χ4n) is 2.92. The summed E-state index contributed by atoms with van der Waals surface area (Å²) in [5, 5.41) is 3.04. The molecule has 3 unspecified atom stereocenters. The van der Waals surface area contributed by atoms with Crippen LogP contribution in [-0.2, 0) is 14.3 Å². The molecule has 0 spiro atoms. The van der Waals surface area contributed by atoms with Gasteiger partial charge in [-0.25, -0.2) is 0 Å². The van der Waals surface area contributed by atoms with Crippen LogP contribution in [0.5, 0.6) is 0 Å². The van der Waals surface area contributed by atoms with Crippen molar-refractivity contribution in [2.24, 2.45) is 5.92 Å². The number of hydrogen-bond acceptors (Lipinski definition) is 4. The summed E-state index contributed by atoms with van der Waals surface area (Å²) in [5.74, 6) is -0.154. The van der Waals surface area contributed by atoms with Gasteiger partial charge in [0.05, 0.1) is 13.7 Å². The van der Waals surface area contributed by atoms with E-state index < -0.39 is 6.04 Å². The number of esters is 1. The van der Waals surface area contributed by atoms with E-state index in [0.29, 0.717) is 0 Å². The van der Waals surface area contributed by atoms with Crippen molar-refractivity contribution < 1.29 is 14.3 Å². The zero-order chi connectivity index (χ0) is 15.3. The normalized spacial score (nSPS) is 24.6. The number of carbonyl (C=O) groups is 2. The number of amides is 1. The zero-order valence-electron chi connectivity index (χ0n) is 13.3. The highest BCUT2D eigenvalue weighted by molar-refractivity contribution is 5.81. The highest BCUT2D eigenvalue weighted by Crippen LogP contribution is 2.22. The molecular formula is C15H28N2O3. The second-order valence-corrected chi connectivity index (χ2v) is 6.06. The number of likely N-dealkylation sites (tertiary alicyclic amines) is 1. The lowest BCUT2D eigenvalue weighted by molar-refractivity contribution is -0.144. The smallest absolute Gasteiger partial charge is 0.323 e.